The van der Waals surface area contributed by atoms with Crippen molar-refractivity contribution in [3.8, 4) is 0 Å². The summed E-state index contributed by atoms with van der Waals surface area (Å²) in [6.07, 6.45) is 5.58. The topological polar surface area (TPSA) is 30.9 Å². The van der Waals surface area contributed by atoms with Gasteiger partial charge in [0.2, 0.25) is 0 Å². The Bertz CT molecular complexity index is 451. The number of aliphatic imine (C=N–C) groups is 1. The van der Waals surface area contributed by atoms with Crippen LogP contribution in [0.25, 0.3) is 0 Å². The summed E-state index contributed by atoms with van der Waals surface area (Å²) < 4.78 is 0. The molecule has 1 aliphatic heterocycles. The first kappa shape index (κ1) is 17.8. The minimum atomic E-state index is 0. The van der Waals surface area contributed by atoms with Gasteiger partial charge in [-0.05, 0) is 36.3 Å². The maximum absolute atomic E-state index is 4.45. The lowest BCUT2D eigenvalue weighted by atomic mass is 10.2. The SMILES string of the molecule is CN=C(NCCCC1CC1)N1CCN(c2cccs2)CC1.I. The second-order valence-electron chi connectivity index (χ2n) is 5.98. The Hall–Kier alpha value is -0.500. The van der Waals surface area contributed by atoms with Crippen LogP contribution in [0.4, 0.5) is 5.00 Å². The number of hydrogen-bond donors (Lipinski definition) is 1. The average molecular weight is 434 g/mol. The van der Waals surface area contributed by atoms with Gasteiger partial charge in [-0.3, -0.25) is 4.99 Å². The number of nitrogens with zero attached hydrogens (tertiary/aromatic N) is 3. The van der Waals surface area contributed by atoms with Crippen LogP contribution in [0.1, 0.15) is 25.7 Å². The van der Waals surface area contributed by atoms with Gasteiger partial charge in [0.1, 0.15) is 0 Å². The molecule has 6 heteroatoms. The lowest BCUT2D eigenvalue weighted by Gasteiger charge is -2.37. The highest BCUT2D eigenvalue weighted by Crippen LogP contribution is 2.33. The van der Waals surface area contributed by atoms with Crippen LogP contribution in [0.5, 0.6) is 0 Å². The molecule has 1 aromatic heterocycles. The monoisotopic (exact) mass is 434 g/mol. The second-order valence-corrected chi connectivity index (χ2v) is 6.91. The molecule has 1 aliphatic carbocycles. The van der Waals surface area contributed by atoms with Crippen molar-refractivity contribution >= 4 is 46.3 Å². The Balaban J connectivity index is 0.00000176. The molecule has 2 heterocycles. The number of nitrogens with one attached hydrogen (secondary N) is 1. The summed E-state index contributed by atoms with van der Waals surface area (Å²) >= 11 is 1.83. The number of halogens is 1. The number of hydrogen-bond acceptors (Lipinski definition) is 3. The van der Waals surface area contributed by atoms with Crippen LogP contribution in [0.15, 0.2) is 22.5 Å². The van der Waals surface area contributed by atoms with Gasteiger partial charge in [0.15, 0.2) is 5.96 Å². The van der Waals surface area contributed by atoms with Crippen molar-refractivity contribution in [1.29, 1.82) is 0 Å². The molecule has 0 spiro atoms. The molecule has 2 aliphatic rings. The summed E-state index contributed by atoms with van der Waals surface area (Å²) in [4.78, 5) is 9.31. The molecule has 1 N–H and O–H groups in total. The molecule has 1 saturated heterocycles. The number of thiophene rings is 1. The standard InChI is InChI=1S/C16H26N4S.HI/c1-17-16(18-8-2-4-14-6-7-14)20-11-9-19(10-12-20)15-5-3-13-21-15;/h3,5,13-14H,2,4,6-12H2,1H3,(H,17,18);1H. The van der Waals surface area contributed by atoms with E-state index in [9.17, 15) is 0 Å². The van der Waals surface area contributed by atoms with Crippen molar-refractivity contribution < 1.29 is 0 Å². The summed E-state index contributed by atoms with van der Waals surface area (Å²) in [5.41, 5.74) is 0. The fraction of sp³-hybridized carbons (Fsp3) is 0.688. The van der Waals surface area contributed by atoms with Crippen LogP contribution >= 0.6 is 35.3 Å². The van der Waals surface area contributed by atoms with E-state index < -0.39 is 0 Å². The molecule has 0 amide bonds. The maximum atomic E-state index is 4.45. The van der Waals surface area contributed by atoms with Gasteiger partial charge in [-0.25, -0.2) is 0 Å². The van der Waals surface area contributed by atoms with E-state index in [4.69, 9.17) is 0 Å². The highest BCUT2D eigenvalue weighted by atomic mass is 127. The van der Waals surface area contributed by atoms with Crippen LogP contribution in [-0.4, -0.2) is 50.6 Å². The fourth-order valence-corrected chi connectivity index (χ4v) is 3.70. The zero-order valence-corrected chi connectivity index (χ0v) is 16.5. The Kier molecular flexibility index (Phi) is 7.27. The molecule has 0 atom stereocenters. The lowest BCUT2D eigenvalue weighted by molar-refractivity contribution is 0.373. The quantitative estimate of drug-likeness (QED) is 0.334. The maximum Gasteiger partial charge on any atom is 0.193 e. The van der Waals surface area contributed by atoms with E-state index in [1.807, 2.05) is 18.4 Å². The largest absolute Gasteiger partial charge is 0.360 e. The Labute approximate surface area is 155 Å². The van der Waals surface area contributed by atoms with Gasteiger partial charge in [0.25, 0.3) is 0 Å². The highest BCUT2D eigenvalue weighted by Gasteiger charge is 2.21. The molecular formula is C16H27IN4S. The van der Waals surface area contributed by atoms with Crippen LogP contribution in [0.3, 0.4) is 0 Å². The minimum absolute atomic E-state index is 0. The van der Waals surface area contributed by atoms with Crippen molar-refractivity contribution in [3.05, 3.63) is 17.5 Å². The molecule has 0 bridgehead atoms. The van der Waals surface area contributed by atoms with Gasteiger partial charge in [0.05, 0.1) is 5.00 Å². The highest BCUT2D eigenvalue weighted by molar-refractivity contribution is 14.0. The van der Waals surface area contributed by atoms with Gasteiger partial charge in [0, 0.05) is 39.8 Å². The third-order valence-corrected chi connectivity index (χ3v) is 5.31. The molecule has 124 valence electrons. The minimum Gasteiger partial charge on any atom is -0.360 e. The third kappa shape index (κ3) is 5.01. The third-order valence-electron chi connectivity index (χ3n) is 4.38. The summed E-state index contributed by atoms with van der Waals surface area (Å²) in [7, 11) is 1.90. The van der Waals surface area contributed by atoms with Crippen molar-refractivity contribution in [2.45, 2.75) is 25.7 Å². The Morgan fingerprint density at radius 3 is 2.68 bits per heavy atom. The summed E-state index contributed by atoms with van der Waals surface area (Å²) in [5, 5.41) is 7.08. The van der Waals surface area contributed by atoms with Crippen LogP contribution in [0.2, 0.25) is 0 Å². The van der Waals surface area contributed by atoms with E-state index in [0.29, 0.717) is 0 Å². The summed E-state index contributed by atoms with van der Waals surface area (Å²) in [6, 6.07) is 4.35. The molecule has 22 heavy (non-hydrogen) atoms. The predicted molar refractivity (Wildman–Crippen MR) is 107 cm³/mol. The Morgan fingerprint density at radius 2 is 2.09 bits per heavy atom. The number of guanidine groups is 1. The van der Waals surface area contributed by atoms with Crippen LogP contribution < -0.4 is 10.2 Å². The predicted octanol–water partition coefficient (Wildman–Crippen LogP) is 3.25. The second kappa shape index (κ2) is 8.96. The molecule has 0 unspecified atom stereocenters. The first-order valence-corrected chi connectivity index (χ1v) is 8.99. The van der Waals surface area contributed by atoms with Gasteiger partial charge in [-0.2, -0.15) is 0 Å². The smallest absolute Gasteiger partial charge is 0.193 e. The molecule has 0 radical (unpaired) electrons. The van der Waals surface area contributed by atoms with E-state index in [0.717, 1.165) is 44.6 Å². The molecular weight excluding hydrogens is 407 g/mol. The molecule has 4 nitrogen and oxygen atoms in total. The van der Waals surface area contributed by atoms with Gasteiger partial charge in [-0.1, -0.05) is 12.8 Å². The molecule has 1 aromatic rings. The fourth-order valence-electron chi connectivity index (χ4n) is 2.92. The van der Waals surface area contributed by atoms with E-state index in [-0.39, 0.29) is 24.0 Å². The lowest BCUT2D eigenvalue weighted by Crippen LogP contribution is -2.52. The van der Waals surface area contributed by atoms with Gasteiger partial charge < -0.3 is 15.1 Å². The van der Waals surface area contributed by atoms with Crippen molar-refractivity contribution in [2.24, 2.45) is 10.9 Å². The van der Waals surface area contributed by atoms with Crippen molar-refractivity contribution in [2.75, 3.05) is 44.7 Å². The number of anilines is 1. The Morgan fingerprint density at radius 1 is 1.32 bits per heavy atom. The van der Waals surface area contributed by atoms with E-state index in [1.165, 1.54) is 30.7 Å². The number of rotatable bonds is 5. The summed E-state index contributed by atoms with van der Waals surface area (Å²) in [6.45, 7) is 5.35. The van der Waals surface area contributed by atoms with Crippen molar-refractivity contribution in [3.63, 3.8) is 0 Å². The molecule has 3 rings (SSSR count). The van der Waals surface area contributed by atoms with Gasteiger partial charge >= 0.3 is 0 Å². The van der Waals surface area contributed by atoms with Crippen molar-refractivity contribution in [1.82, 2.24) is 10.2 Å². The normalized spacial score (nSPS) is 19.0. The average Bonchev–Trinajstić information content (AvgIpc) is 3.19. The zero-order valence-electron chi connectivity index (χ0n) is 13.3. The number of piperazine rings is 1. The van der Waals surface area contributed by atoms with Gasteiger partial charge in [-0.15, -0.1) is 35.3 Å². The summed E-state index contributed by atoms with van der Waals surface area (Å²) in [5.74, 6) is 2.11. The van der Waals surface area contributed by atoms with E-state index >= 15 is 0 Å². The van der Waals surface area contributed by atoms with E-state index in [1.54, 1.807) is 0 Å². The molecule has 0 aromatic carbocycles. The molecule has 1 saturated carbocycles. The van der Waals surface area contributed by atoms with Crippen LogP contribution in [0, 0.1) is 5.92 Å². The molecule has 2 fully saturated rings. The first-order valence-electron chi connectivity index (χ1n) is 8.11. The van der Waals surface area contributed by atoms with E-state index in [2.05, 4.69) is 37.6 Å². The van der Waals surface area contributed by atoms with Crippen LogP contribution in [-0.2, 0) is 0 Å². The zero-order chi connectivity index (χ0) is 14.5. The first-order chi connectivity index (χ1) is 10.4.